The van der Waals surface area contributed by atoms with Crippen molar-refractivity contribution in [3.63, 3.8) is 0 Å². The summed E-state index contributed by atoms with van der Waals surface area (Å²) in [7, 11) is 0. The molecule has 0 radical (unpaired) electrons. The zero-order valence-corrected chi connectivity index (χ0v) is 11.7. The number of benzene rings is 1. The summed E-state index contributed by atoms with van der Waals surface area (Å²) in [6.45, 7) is 0.146. The molecule has 3 N–H and O–H groups in total. The number of carbonyl (C=O) groups is 2. The Morgan fingerprint density at radius 2 is 2.10 bits per heavy atom. The number of furan rings is 1. The summed E-state index contributed by atoms with van der Waals surface area (Å²) < 4.78 is 4.92. The van der Waals surface area contributed by atoms with E-state index in [-0.39, 0.29) is 36.1 Å². The Labute approximate surface area is 125 Å². The van der Waals surface area contributed by atoms with Crippen molar-refractivity contribution in [3.05, 3.63) is 47.4 Å². The summed E-state index contributed by atoms with van der Waals surface area (Å²) >= 11 is 5.77. The van der Waals surface area contributed by atoms with E-state index in [9.17, 15) is 14.7 Å². The van der Waals surface area contributed by atoms with Crippen LogP contribution in [0.25, 0.3) is 0 Å². The molecule has 2 aromatic rings. The Kier molecular flexibility index (Phi) is 4.84. The molecule has 0 unspecified atom stereocenters. The second-order valence-electron chi connectivity index (χ2n) is 4.19. The van der Waals surface area contributed by atoms with Crippen LogP contribution in [0, 0.1) is 0 Å². The van der Waals surface area contributed by atoms with Gasteiger partial charge in [0.15, 0.2) is 5.76 Å². The molecule has 0 atom stereocenters. The fourth-order valence-corrected chi connectivity index (χ4v) is 1.78. The summed E-state index contributed by atoms with van der Waals surface area (Å²) in [6.07, 6.45) is 1.45. The molecular weight excluding hydrogens is 296 g/mol. The Hall–Kier alpha value is -2.47. The highest BCUT2D eigenvalue weighted by Gasteiger charge is 2.10. The number of anilines is 1. The number of hydrogen-bond acceptors (Lipinski definition) is 4. The number of aromatic hydroxyl groups is 1. The van der Waals surface area contributed by atoms with Gasteiger partial charge in [0.05, 0.1) is 12.0 Å². The molecule has 0 aliphatic heterocycles. The highest BCUT2D eigenvalue weighted by atomic mass is 35.5. The van der Waals surface area contributed by atoms with Gasteiger partial charge in [-0.3, -0.25) is 9.59 Å². The number of phenols is 1. The van der Waals surface area contributed by atoms with Crippen molar-refractivity contribution in [3.8, 4) is 5.75 Å². The predicted molar refractivity (Wildman–Crippen MR) is 77.4 cm³/mol. The van der Waals surface area contributed by atoms with Gasteiger partial charge < -0.3 is 20.2 Å². The van der Waals surface area contributed by atoms with E-state index in [2.05, 4.69) is 10.6 Å². The van der Waals surface area contributed by atoms with Gasteiger partial charge in [0, 0.05) is 18.0 Å². The van der Waals surface area contributed by atoms with Gasteiger partial charge >= 0.3 is 0 Å². The van der Waals surface area contributed by atoms with Crippen molar-refractivity contribution in [2.45, 2.75) is 6.42 Å². The maximum absolute atomic E-state index is 11.7. The highest BCUT2D eigenvalue weighted by Crippen LogP contribution is 2.26. The lowest BCUT2D eigenvalue weighted by Gasteiger charge is -2.08. The van der Waals surface area contributed by atoms with Crippen molar-refractivity contribution in [1.82, 2.24) is 5.32 Å². The fourth-order valence-electron chi connectivity index (χ4n) is 1.61. The predicted octanol–water partition coefficient (Wildman–Crippen LogP) is 2.40. The molecule has 7 heteroatoms. The molecule has 6 nitrogen and oxygen atoms in total. The van der Waals surface area contributed by atoms with Crippen LogP contribution in [0.4, 0.5) is 5.69 Å². The molecule has 0 fully saturated rings. The standard InChI is InChI=1S/C14H13ClN2O4/c15-9-3-4-11(18)10(8-9)17-13(19)5-6-16-14(20)12-2-1-7-21-12/h1-4,7-8,18H,5-6H2,(H,16,20)(H,17,19). The van der Waals surface area contributed by atoms with Gasteiger partial charge in [0.2, 0.25) is 5.91 Å². The van der Waals surface area contributed by atoms with Gasteiger partial charge in [-0.15, -0.1) is 0 Å². The third-order valence-corrected chi connectivity index (χ3v) is 2.85. The van der Waals surface area contributed by atoms with Crippen LogP contribution in [0.2, 0.25) is 5.02 Å². The first-order chi connectivity index (χ1) is 10.1. The van der Waals surface area contributed by atoms with Crippen molar-refractivity contribution in [2.24, 2.45) is 0 Å². The molecule has 0 aliphatic rings. The topological polar surface area (TPSA) is 91.6 Å². The van der Waals surface area contributed by atoms with Crippen LogP contribution in [0.1, 0.15) is 17.0 Å². The van der Waals surface area contributed by atoms with Crippen LogP contribution < -0.4 is 10.6 Å². The van der Waals surface area contributed by atoms with Gasteiger partial charge in [-0.05, 0) is 30.3 Å². The summed E-state index contributed by atoms with van der Waals surface area (Å²) in [5.74, 6) is -0.638. The Bertz CT molecular complexity index is 640. The van der Waals surface area contributed by atoms with E-state index in [0.29, 0.717) is 5.02 Å². The van der Waals surface area contributed by atoms with Crippen LogP contribution in [0.5, 0.6) is 5.75 Å². The van der Waals surface area contributed by atoms with E-state index >= 15 is 0 Å². The number of phenolic OH excluding ortho intramolecular Hbond substituents is 1. The van der Waals surface area contributed by atoms with E-state index in [1.54, 1.807) is 6.07 Å². The van der Waals surface area contributed by atoms with Gasteiger partial charge in [0.1, 0.15) is 5.75 Å². The lowest BCUT2D eigenvalue weighted by Crippen LogP contribution is -2.27. The zero-order valence-electron chi connectivity index (χ0n) is 10.9. The second-order valence-corrected chi connectivity index (χ2v) is 4.63. The first-order valence-electron chi connectivity index (χ1n) is 6.16. The van der Waals surface area contributed by atoms with Gasteiger partial charge in [-0.25, -0.2) is 0 Å². The van der Waals surface area contributed by atoms with E-state index in [0.717, 1.165) is 0 Å². The van der Waals surface area contributed by atoms with Crippen LogP contribution in [0.15, 0.2) is 41.0 Å². The Morgan fingerprint density at radius 1 is 1.29 bits per heavy atom. The maximum Gasteiger partial charge on any atom is 0.286 e. The third kappa shape index (κ3) is 4.25. The first-order valence-corrected chi connectivity index (χ1v) is 6.54. The molecule has 1 heterocycles. The minimum atomic E-state index is -0.390. The molecule has 21 heavy (non-hydrogen) atoms. The summed E-state index contributed by atoms with van der Waals surface area (Å²) in [5.41, 5.74) is 0.227. The Balaban J connectivity index is 1.80. The van der Waals surface area contributed by atoms with Crippen LogP contribution in [-0.2, 0) is 4.79 Å². The molecule has 0 saturated carbocycles. The van der Waals surface area contributed by atoms with Crippen molar-refractivity contribution in [1.29, 1.82) is 0 Å². The van der Waals surface area contributed by atoms with E-state index in [4.69, 9.17) is 16.0 Å². The molecule has 2 amide bonds. The number of nitrogens with one attached hydrogen (secondary N) is 2. The first kappa shape index (κ1) is 14.9. The molecule has 0 aliphatic carbocycles. The highest BCUT2D eigenvalue weighted by molar-refractivity contribution is 6.31. The van der Waals surface area contributed by atoms with Crippen molar-refractivity contribution < 1.29 is 19.1 Å². The largest absolute Gasteiger partial charge is 0.506 e. The normalized spacial score (nSPS) is 10.1. The van der Waals surface area contributed by atoms with Crippen molar-refractivity contribution >= 4 is 29.1 Å². The van der Waals surface area contributed by atoms with Gasteiger partial charge in [0.25, 0.3) is 5.91 Å². The van der Waals surface area contributed by atoms with Crippen LogP contribution in [-0.4, -0.2) is 23.5 Å². The smallest absolute Gasteiger partial charge is 0.286 e. The SMILES string of the molecule is O=C(CCNC(=O)c1ccco1)Nc1cc(Cl)ccc1O. The summed E-state index contributed by atoms with van der Waals surface area (Å²) in [5, 5.41) is 15.0. The number of carbonyl (C=O) groups excluding carboxylic acids is 2. The van der Waals surface area contributed by atoms with E-state index in [1.165, 1.54) is 30.5 Å². The molecule has 1 aromatic carbocycles. The van der Waals surface area contributed by atoms with E-state index in [1.807, 2.05) is 0 Å². The molecule has 0 saturated heterocycles. The number of rotatable bonds is 5. The maximum atomic E-state index is 11.7. The molecule has 0 bridgehead atoms. The van der Waals surface area contributed by atoms with Crippen LogP contribution >= 0.6 is 11.6 Å². The quantitative estimate of drug-likeness (QED) is 0.740. The minimum absolute atomic E-state index is 0.0540. The number of halogens is 1. The van der Waals surface area contributed by atoms with E-state index < -0.39 is 5.91 Å². The molecule has 110 valence electrons. The van der Waals surface area contributed by atoms with Gasteiger partial charge in [-0.1, -0.05) is 11.6 Å². The molecule has 1 aromatic heterocycles. The number of hydrogen-bond donors (Lipinski definition) is 3. The van der Waals surface area contributed by atoms with Crippen LogP contribution in [0.3, 0.4) is 0 Å². The third-order valence-electron chi connectivity index (χ3n) is 2.62. The molecule has 2 rings (SSSR count). The average Bonchev–Trinajstić information content (AvgIpc) is 2.97. The lowest BCUT2D eigenvalue weighted by atomic mass is 10.2. The molecular formula is C14H13ClN2O4. The average molecular weight is 309 g/mol. The fraction of sp³-hybridized carbons (Fsp3) is 0.143. The summed E-state index contributed by atoms with van der Waals surface area (Å²) in [4.78, 5) is 23.3. The monoisotopic (exact) mass is 308 g/mol. The number of amides is 2. The zero-order chi connectivity index (χ0) is 15.2. The van der Waals surface area contributed by atoms with Gasteiger partial charge in [-0.2, -0.15) is 0 Å². The minimum Gasteiger partial charge on any atom is -0.506 e. The molecule has 0 spiro atoms. The van der Waals surface area contributed by atoms with Crippen molar-refractivity contribution in [2.75, 3.05) is 11.9 Å². The summed E-state index contributed by atoms with van der Waals surface area (Å²) in [6, 6.07) is 7.46. The Morgan fingerprint density at radius 3 is 2.81 bits per heavy atom. The lowest BCUT2D eigenvalue weighted by molar-refractivity contribution is -0.116. The second kappa shape index (κ2) is 6.81.